The van der Waals surface area contributed by atoms with Crippen LogP contribution in [0.5, 0.6) is 23.0 Å². The smallest absolute Gasteiger partial charge is 0.258 e. The van der Waals surface area contributed by atoms with Crippen LogP contribution >= 0.6 is 0 Å². The summed E-state index contributed by atoms with van der Waals surface area (Å²) in [7, 11) is 1.60. The van der Waals surface area contributed by atoms with E-state index in [0.29, 0.717) is 65.1 Å². The maximum atomic E-state index is 14.3. The summed E-state index contributed by atoms with van der Waals surface area (Å²) >= 11 is 0. The molecule has 4 aromatic rings. The monoisotopic (exact) mass is 544 g/mol. The number of benzene rings is 3. The minimum absolute atomic E-state index is 0.0480. The van der Waals surface area contributed by atoms with Gasteiger partial charge in [0, 0.05) is 27.7 Å². The van der Waals surface area contributed by atoms with E-state index in [1.807, 2.05) is 58.9 Å². The van der Waals surface area contributed by atoms with Crippen LogP contribution in [-0.2, 0) is 6.54 Å². The highest BCUT2D eigenvalue weighted by Crippen LogP contribution is 2.40. The van der Waals surface area contributed by atoms with Crippen LogP contribution in [0.3, 0.4) is 0 Å². The number of nitrogens with one attached hydrogen (secondary N) is 1. The van der Waals surface area contributed by atoms with Crippen molar-refractivity contribution in [1.29, 1.82) is 0 Å². The summed E-state index contributed by atoms with van der Waals surface area (Å²) in [4.78, 5) is 32.0. The molecule has 0 radical (unpaired) electrons. The van der Waals surface area contributed by atoms with Gasteiger partial charge < -0.3 is 28.8 Å². The molecule has 8 heteroatoms. The van der Waals surface area contributed by atoms with E-state index in [1.165, 1.54) is 0 Å². The number of H-pyrrole nitrogens is 1. The van der Waals surface area contributed by atoms with Crippen molar-refractivity contribution in [3.05, 3.63) is 87.2 Å². The van der Waals surface area contributed by atoms with E-state index in [1.54, 1.807) is 42.3 Å². The molecule has 0 atom stereocenters. The first kappa shape index (κ1) is 28.5. The van der Waals surface area contributed by atoms with Crippen LogP contribution in [0, 0.1) is 13.8 Å². The highest BCUT2D eigenvalue weighted by molar-refractivity contribution is 6.07. The molecule has 0 fully saturated rings. The van der Waals surface area contributed by atoms with Crippen molar-refractivity contribution >= 4 is 22.5 Å². The Morgan fingerprint density at radius 3 is 2.12 bits per heavy atom. The molecule has 1 aromatic heterocycles. The first-order chi connectivity index (χ1) is 19.3. The van der Waals surface area contributed by atoms with E-state index in [4.69, 9.17) is 18.9 Å². The fourth-order valence-electron chi connectivity index (χ4n) is 4.69. The quantitative estimate of drug-likeness (QED) is 0.242. The van der Waals surface area contributed by atoms with Crippen molar-refractivity contribution in [3.63, 3.8) is 0 Å². The third kappa shape index (κ3) is 6.06. The second-order valence-corrected chi connectivity index (χ2v) is 9.36. The molecule has 0 aliphatic rings. The highest BCUT2D eigenvalue weighted by atomic mass is 16.5. The number of hydrogen-bond acceptors (Lipinski definition) is 6. The molecule has 0 aliphatic carbocycles. The average Bonchev–Trinajstić information content (AvgIpc) is 2.93. The summed E-state index contributed by atoms with van der Waals surface area (Å²) in [6.45, 7) is 10.8. The van der Waals surface area contributed by atoms with Gasteiger partial charge in [0.15, 0.2) is 11.5 Å². The van der Waals surface area contributed by atoms with E-state index in [0.717, 1.165) is 16.5 Å². The zero-order chi connectivity index (χ0) is 28.8. The summed E-state index contributed by atoms with van der Waals surface area (Å²) in [5.41, 5.74) is 3.90. The van der Waals surface area contributed by atoms with Crippen LogP contribution in [0.2, 0.25) is 0 Å². The van der Waals surface area contributed by atoms with Gasteiger partial charge in [-0.15, -0.1) is 0 Å². The highest BCUT2D eigenvalue weighted by Gasteiger charge is 2.25. The number of hydrogen-bond donors (Lipinski definition) is 1. The summed E-state index contributed by atoms with van der Waals surface area (Å²) in [6, 6.07) is 16.5. The van der Waals surface area contributed by atoms with Crippen molar-refractivity contribution in [1.82, 2.24) is 4.98 Å². The van der Waals surface area contributed by atoms with Crippen molar-refractivity contribution in [3.8, 4) is 23.0 Å². The molecule has 1 N–H and O–H groups in total. The number of nitrogens with zero attached hydrogens (tertiary/aromatic N) is 1. The molecule has 0 saturated heterocycles. The predicted molar refractivity (Wildman–Crippen MR) is 157 cm³/mol. The van der Waals surface area contributed by atoms with Crippen LogP contribution in [0.15, 0.2) is 59.4 Å². The van der Waals surface area contributed by atoms with Crippen LogP contribution in [0.1, 0.15) is 47.8 Å². The standard InChI is InChI=1S/C32H36N2O6/c1-7-38-28-17-23(18-29(39-8-2)30(28)40-9-3)32(36)34(27-13-10-20(4)14-21(27)5)19-24-15-22-16-25(37-6)11-12-26(22)33-31(24)35/h10-18H,7-9,19H2,1-6H3,(H,33,35). The lowest BCUT2D eigenvalue weighted by Crippen LogP contribution is -2.33. The first-order valence-corrected chi connectivity index (χ1v) is 13.4. The topological polar surface area (TPSA) is 90.1 Å². The fraction of sp³-hybridized carbons (Fsp3) is 0.312. The fourth-order valence-corrected chi connectivity index (χ4v) is 4.69. The minimum atomic E-state index is -0.304. The molecule has 210 valence electrons. The number of aromatic amines is 1. The normalized spacial score (nSPS) is 10.8. The van der Waals surface area contributed by atoms with Gasteiger partial charge in [-0.3, -0.25) is 9.59 Å². The number of carbonyl (C=O) groups is 1. The van der Waals surface area contributed by atoms with Crippen LogP contribution < -0.4 is 29.4 Å². The Morgan fingerprint density at radius 1 is 0.850 bits per heavy atom. The summed E-state index contributed by atoms with van der Waals surface area (Å²) < 4.78 is 22.9. The Labute approximate surface area is 234 Å². The Hall–Kier alpha value is -4.46. The van der Waals surface area contributed by atoms with Crippen molar-refractivity contribution in [2.24, 2.45) is 0 Å². The second kappa shape index (κ2) is 12.6. The number of amides is 1. The average molecular weight is 545 g/mol. The molecular formula is C32H36N2O6. The first-order valence-electron chi connectivity index (χ1n) is 13.4. The molecule has 8 nitrogen and oxygen atoms in total. The SMILES string of the molecule is CCOc1cc(C(=O)N(Cc2cc3cc(OC)ccc3[nH]c2=O)c2ccc(C)cc2C)cc(OCC)c1OCC. The lowest BCUT2D eigenvalue weighted by atomic mass is 10.1. The maximum Gasteiger partial charge on any atom is 0.258 e. The third-order valence-electron chi connectivity index (χ3n) is 6.50. The van der Waals surface area contributed by atoms with E-state index in [-0.39, 0.29) is 18.0 Å². The van der Waals surface area contributed by atoms with Gasteiger partial charge in [-0.05, 0) is 82.6 Å². The Balaban J connectivity index is 1.86. The number of aryl methyl sites for hydroxylation is 2. The maximum absolute atomic E-state index is 14.3. The van der Waals surface area contributed by atoms with Crippen molar-refractivity contribution in [2.75, 3.05) is 31.8 Å². The number of carbonyl (C=O) groups excluding carboxylic acids is 1. The molecule has 0 aliphatic heterocycles. The molecule has 1 heterocycles. The van der Waals surface area contributed by atoms with Crippen molar-refractivity contribution in [2.45, 2.75) is 41.2 Å². The molecule has 0 bridgehead atoms. The molecule has 40 heavy (non-hydrogen) atoms. The molecular weight excluding hydrogens is 508 g/mol. The van der Waals surface area contributed by atoms with E-state index >= 15 is 0 Å². The van der Waals surface area contributed by atoms with Crippen molar-refractivity contribution < 1.29 is 23.7 Å². The molecule has 0 saturated carbocycles. The largest absolute Gasteiger partial charge is 0.497 e. The number of rotatable bonds is 11. The second-order valence-electron chi connectivity index (χ2n) is 9.36. The van der Waals surface area contributed by atoms with E-state index < -0.39 is 0 Å². The van der Waals surface area contributed by atoms with Gasteiger partial charge in [0.1, 0.15) is 5.75 Å². The predicted octanol–water partition coefficient (Wildman–Crippen LogP) is 6.20. The Bertz CT molecular complexity index is 1550. The minimum Gasteiger partial charge on any atom is -0.497 e. The molecule has 0 unspecified atom stereocenters. The Morgan fingerprint density at radius 2 is 1.52 bits per heavy atom. The van der Waals surface area contributed by atoms with E-state index in [2.05, 4.69) is 4.98 Å². The number of ether oxygens (including phenoxy) is 4. The van der Waals surface area contributed by atoms with Gasteiger partial charge in [-0.25, -0.2) is 0 Å². The third-order valence-corrected chi connectivity index (χ3v) is 6.50. The van der Waals surface area contributed by atoms with Crippen LogP contribution in [0.25, 0.3) is 10.9 Å². The molecule has 0 spiro atoms. The van der Waals surface area contributed by atoms with E-state index in [9.17, 15) is 9.59 Å². The zero-order valence-corrected chi connectivity index (χ0v) is 23.9. The molecule has 1 amide bonds. The number of pyridine rings is 1. The summed E-state index contributed by atoms with van der Waals surface area (Å²) in [5, 5.41) is 0.806. The van der Waals surface area contributed by atoms with Crippen LogP contribution in [0.4, 0.5) is 5.69 Å². The summed E-state index contributed by atoms with van der Waals surface area (Å²) in [6.07, 6.45) is 0. The molecule has 3 aromatic carbocycles. The number of methoxy groups -OCH3 is 1. The van der Waals surface area contributed by atoms with Gasteiger partial charge in [0.05, 0.1) is 33.5 Å². The number of anilines is 1. The lowest BCUT2D eigenvalue weighted by molar-refractivity contribution is 0.0983. The van der Waals surface area contributed by atoms with Crippen LogP contribution in [-0.4, -0.2) is 37.8 Å². The van der Waals surface area contributed by atoms with Gasteiger partial charge in [0.2, 0.25) is 5.75 Å². The lowest BCUT2D eigenvalue weighted by Gasteiger charge is -2.26. The Kier molecular flexibility index (Phi) is 8.99. The van der Waals surface area contributed by atoms with Gasteiger partial charge >= 0.3 is 0 Å². The zero-order valence-electron chi connectivity index (χ0n) is 23.9. The number of aromatic nitrogens is 1. The molecule has 4 rings (SSSR count). The van der Waals surface area contributed by atoms with Gasteiger partial charge in [0.25, 0.3) is 11.5 Å². The van der Waals surface area contributed by atoms with Gasteiger partial charge in [-0.2, -0.15) is 0 Å². The van der Waals surface area contributed by atoms with Gasteiger partial charge in [-0.1, -0.05) is 17.7 Å². The summed E-state index contributed by atoms with van der Waals surface area (Å²) in [5.74, 6) is 1.68. The number of fused-ring (bicyclic) bond motifs is 1.